The van der Waals surface area contributed by atoms with Gasteiger partial charge in [-0.2, -0.15) is 0 Å². The number of imide groups is 1. The molecule has 3 rings (SSSR count). The van der Waals surface area contributed by atoms with E-state index in [1.165, 1.54) is 32.2 Å². The van der Waals surface area contributed by atoms with E-state index in [0.717, 1.165) is 23.3 Å². The van der Waals surface area contributed by atoms with Crippen LogP contribution in [0.4, 0.5) is 10.1 Å². The number of hydrogen-bond acceptors (Lipinski definition) is 7. The molecule has 33 heavy (non-hydrogen) atoms. The van der Waals surface area contributed by atoms with E-state index in [1.54, 1.807) is 6.92 Å². The lowest BCUT2D eigenvalue weighted by molar-refractivity contribution is -0.114. The molecule has 176 valence electrons. The van der Waals surface area contributed by atoms with E-state index >= 15 is 0 Å². The largest absolute Gasteiger partial charge is 0.493 e. The van der Waals surface area contributed by atoms with Crippen LogP contribution in [0.15, 0.2) is 30.3 Å². The second-order valence-corrected chi connectivity index (χ2v) is 9.67. The van der Waals surface area contributed by atoms with Crippen molar-refractivity contribution in [1.29, 1.82) is 0 Å². The number of sulfone groups is 1. The first-order valence-corrected chi connectivity index (χ1v) is 12.0. The van der Waals surface area contributed by atoms with Crippen molar-refractivity contribution in [3.63, 3.8) is 0 Å². The third-order valence-electron chi connectivity index (χ3n) is 4.94. The second-order valence-electron chi connectivity index (χ2n) is 7.49. The van der Waals surface area contributed by atoms with Gasteiger partial charge in [-0.3, -0.25) is 19.3 Å². The van der Waals surface area contributed by atoms with E-state index in [0.29, 0.717) is 23.7 Å². The Balaban J connectivity index is 2.16. The number of anilines is 1. The molecule has 1 aliphatic heterocycles. The molecule has 2 aromatic rings. The van der Waals surface area contributed by atoms with Gasteiger partial charge in [-0.1, -0.05) is 6.07 Å². The van der Waals surface area contributed by atoms with E-state index in [2.05, 4.69) is 5.32 Å². The minimum Gasteiger partial charge on any atom is -0.493 e. The number of nitrogens with zero attached hydrogens (tertiary/aromatic N) is 1. The summed E-state index contributed by atoms with van der Waals surface area (Å²) in [6.45, 7) is 3.22. The van der Waals surface area contributed by atoms with Crippen molar-refractivity contribution in [3.05, 3.63) is 52.8 Å². The van der Waals surface area contributed by atoms with E-state index in [-0.39, 0.29) is 16.8 Å². The Hall–Kier alpha value is -3.47. The van der Waals surface area contributed by atoms with Crippen molar-refractivity contribution in [2.75, 3.05) is 31.0 Å². The smallest absolute Gasteiger partial charge is 0.264 e. The molecule has 1 heterocycles. The molecule has 1 unspecified atom stereocenters. The van der Waals surface area contributed by atoms with E-state index < -0.39 is 45.2 Å². The molecule has 0 fully saturated rings. The quantitative estimate of drug-likeness (QED) is 0.579. The zero-order chi connectivity index (χ0) is 24.5. The highest BCUT2D eigenvalue weighted by Crippen LogP contribution is 2.39. The molecule has 0 aromatic heterocycles. The predicted octanol–water partition coefficient (Wildman–Crippen LogP) is 2.57. The SMILES string of the molecule is CCOc1cc(C(CS(C)(=O)=O)N2C(=O)c3cc(F)cc(NC(C)=O)c3C2=O)ccc1OC. The van der Waals surface area contributed by atoms with Crippen LogP contribution in [-0.4, -0.2) is 56.8 Å². The van der Waals surface area contributed by atoms with Crippen LogP contribution < -0.4 is 14.8 Å². The lowest BCUT2D eigenvalue weighted by Gasteiger charge is -2.27. The normalized spacial score (nSPS) is 14.2. The van der Waals surface area contributed by atoms with Gasteiger partial charge in [-0.05, 0) is 36.8 Å². The van der Waals surface area contributed by atoms with E-state index in [9.17, 15) is 27.2 Å². The Bertz CT molecular complexity index is 1240. The highest BCUT2D eigenvalue weighted by Gasteiger charge is 2.44. The predicted molar refractivity (Wildman–Crippen MR) is 118 cm³/mol. The topological polar surface area (TPSA) is 119 Å². The van der Waals surface area contributed by atoms with Crippen molar-refractivity contribution in [3.8, 4) is 11.5 Å². The van der Waals surface area contributed by atoms with Crippen molar-refractivity contribution in [1.82, 2.24) is 4.90 Å². The van der Waals surface area contributed by atoms with Gasteiger partial charge >= 0.3 is 0 Å². The van der Waals surface area contributed by atoms with Gasteiger partial charge in [0.15, 0.2) is 11.5 Å². The molecule has 0 aliphatic carbocycles. The third kappa shape index (κ3) is 4.98. The summed E-state index contributed by atoms with van der Waals surface area (Å²) in [4.78, 5) is 38.9. The summed E-state index contributed by atoms with van der Waals surface area (Å²) in [5.41, 5.74) is -0.323. The molecule has 9 nitrogen and oxygen atoms in total. The number of hydrogen-bond donors (Lipinski definition) is 1. The first-order chi connectivity index (χ1) is 15.5. The number of carbonyl (C=O) groups excluding carboxylic acids is 3. The minimum atomic E-state index is -3.68. The highest BCUT2D eigenvalue weighted by molar-refractivity contribution is 7.90. The van der Waals surface area contributed by atoms with Crippen LogP contribution in [0, 0.1) is 5.82 Å². The first-order valence-electron chi connectivity index (χ1n) is 9.94. The highest BCUT2D eigenvalue weighted by atomic mass is 32.2. The molecular weight excluding hydrogens is 455 g/mol. The Morgan fingerprint density at radius 1 is 1.15 bits per heavy atom. The maximum absolute atomic E-state index is 14.2. The molecule has 3 amide bonds. The van der Waals surface area contributed by atoms with Gasteiger partial charge in [0.1, 0.15) is 15.7 Å². The molecule has 1 N–H and O–H groups in total. The summed E-state index contributed by atoms with van der Waals surface area (Å²) in [5, 5.41) is 2.35. The monoisotopic (exact) mass is 478 g/mol. The van der Waals surface area contributed by atoms with Crippen molar-refractivity contribution >= 4 is 33.2 Å². The molecule has 0 radical (unpaired) electrons. The Morgan fingerprint density at radius 3 is 2.42 bits per heavy atom. The zero-order valence-corrected chi connectivity index (χ0v) is 19.3. The molecule has 0 spiro atoms. The number of benzene rings is 2. The Labute approximate surface area is 190 Å². The van der Waals surface area contributed by atoms with E-state index in [1.807, 2.05) is 0 Å². The Morgan fingerprint density at radius 2 is 1.85 bits per heavy atom. The second kappa shape index (κ2) is 9.18. The van der Waals surface area contributed by atoms with Gasteiger partial charge in [-0.25, -0.2) is 12.8 Å². The molecule has 2 aromatic carbocycles. The number of rotatable bonds is 8. The maximum Gasteiger partial charge on any atom is 0.264 e. The number of nitrogens with one attached hydrogen (secondary N) is 1. The van der Waals surface area contributed by atoms with Gasteiger partial charge in [0.25, 0.3) is 11.8 Å². The molecule has 0 bridgehead atoms. The fraction of sp³-hybridized carbons (Fsp3) is 0.318. The van der Waals surface area contributed by atoms with Crippen LogP contribution in [0.5, 0.6) is 11.5 Å². The average molecular weight is 478 g/mol. The number of amides is 3. The van der Waals surface area contributed by atoms with Crippen LogP contribution in [0.1, 0.15) is 46.2 Å². The van der Waals surface area contributed by atoms with Gasteiger partial charge in [0.2, 0.25) is 5.91 Å². The molecule has 1 atom stereocenters. The Kier molecular flexibility index (Phi) is 6.73. The fourth-order valence-electron chi connectivity index (χ4n) is 3.70. The van der Waals surface area contributed by atoms with Crippen molar-refractivity contribution < 1.29 is 36.7 Å². The lowest BCUT2D eigenvalue weighted by Crippen LogP contribution is -2.37. The number of ether oxygens (including phenoxy) is 2. The first kappa shape index (κ1) is 24.2. The molecular formula is C22H23FN2O7S. The van der Waals surface area contributed by atoms with Crippen LogP contribution in [0.25, 0.3) is 0 Å². The summed E-state index contributed by atoms with van der Waals surface area (Å²) >= 11 is 0. The minimum absolute atomic E-state index is 0.166. The number of fused-ring (bicyclic) bond motifs is 1. The molecule has 1 aliphatic rings. The van der Waals surface area contributed by atoms with E-state index in [4.69, 9.17) is 9.47 Å². The summed E-state index contributed by atoms with van der Waals surface area (Å²) in [5.74, 6) is -3.00. The van der Waals surface area contributed by atoms with Gasteiger partial charge in [0.05, 0.1) is 42.3 Å². The molecule has 0 saturated heterocycles. The number of methoxy groups -OCH3 is 1. The van der Waals surface area contributed by atoms with Gasteiger partial charge in [-0.15, -0.1) is 0 Å². The summed E-state index contributed by atoms with van der Waals surface area (Å²) in [7, 11) is -2.24. The summed E-state index contributed by atoms with van der Waals surface area (Å²) < 4.78 is 49.4. The lowest BCUT2D eigenvalue weighted by atomic mass is 10.1. The standard InChI is InChI=1S/C22H23FN2O7S/c1-5-32-19-8-13(6-7-18(19)31-3)17(11-33(4,29)30)25-21(27)15-9-14(23)10-16(24-12(2)26)20(15)22(25)28/h6-10,17H,5,11H2,1-4H3,(H,24,26). The zero-order valence-electron chi connectivity index (χ0n) is 18.5. The third-order valence-corrected chi connectivity index (χ3v) is 5.86. The molecule has 11 heteroatoms. The summed E-state index contributed by atoms with van der Waals surface area (Å²) in [6.07, 6.45) is 0.980. The van der Waals surface area contributed by atoms with Crippen LogP contribution in [0.2, 0.25) is 0 Å². The molecule has 0 saturated carbocycles. The van der Waals surface area contributed by atoms with Crippen LogP contribution in [-0.2, 0) is 14.6 Å². The van der Waals surface area contributed by atoms with Gasteiger partial charge < -0.3 is 14.8 Å². The van der Waals surface area contributed by atoms with Crippen LogP contribution >= 0.6 is 0 Å². The maximum atomic E-state index is 14.2. The van der Waals surface area contributed by atoms with Crippen LogP contribution in [0.3, 0.4) is 0 Å². The average Bonchev–Trinajstić information content (AvgIpc) is 2.95. The fourth-order valence-corrected chi connectivity index (χ4v) is 4.61. The number of halogens is 1. The van der Waals surface area contributed by atoms with Crippen molar-refractivity contribution in [2.45, 2.75) is 19.9 Å². The number of carbonyl (C=O) groups is 3. The van der Waals surface area contributed by atoms with Crippen molar-refractivity contribution in [2.24, 2.45) is 0 Å². The van der Waals surface area contributed by atoms with Gasteiger partial charge in [0, 0.05) is 13.2 Å². The summed E-state index contributed by atoms with van der Waals surface area (Å²) in [6, 6.07) is 5.15.